The van der Waals surface area contributed by atoms with Gasteiger partial charge in [0.15, 0.2) is 11.6 Å². The fraction of sp³-hybridized carbons (Fsp3) is 0.182. The molecular formula is C11H8F2N2O3. The third-order valence-electron chi connectivity index (χ3n) is 2.14. The van der Waals surface area contributed by atoms with Gasteiger partial charge < -0.3 is 4.90 Å². The molecule has 0 atom stereocenters. The van der Waals surface area contributed by atoms with Gasteiger partial charge in [-0.05, 0) is 6.07 Å². The van der Waals surface area contributed by atoms with E-state index in [4.69, 9.17) is 6.42 Å². The topological polar surface area (TPSA) is 63.5 Å². The lowest BCUT2D eigenvalue weighted by Gasteiger charge is -2.13. The summed E-state index contributed by atoms with van der Waals surface area (Å²) in [6.07, 6.45) is 4.99. The van der Waals surface area contributed by atoms with Crippen LogP contribution in [0.4, 0.5) is 14.5 Å². The molecule has 94 valence electrons. The van der Waals surface area contributed by atoms with E-state index >= 15 is 0 Å². The number of hydrogen-bond donors (Lipinski definition) is 0. The summed E-state index contributed by atoms with van der Waals surface area (Å²) >= 11 is 0. The molecule has 0 aliphatic carbocycles. The molecule has 7 heteroatoms. The first-order valence-electron chi connectivity index (χ1n) is 4.70. The van der Waals surface area contributed by atoms with Crippen LogP contribution < -0.4 is 0 Å². The van der Waals surface area contributed by atoms with E-state index in [1.807, 2.05) is 0 Å². The van der Waals surface area contributed by atoms with Crippen molar-refractivity contribution in [3.63, 3.8) is 0 Å². The fourth-order valence-corrected chi connectivity index (χ4v) is 1.27. The highest BCUT2D eigenvalue weighted by molar-refractivity contribution is 5.98. The number of hydrogen-bond acceptors (Lipinski definition) is 3. The van der Waals surface area contributed by atoms with E-state index in [9.17, 15) is 23.7 Å². The van der Waals surface area contributed by atoms with E-state index < -0.39 is 33.7 Å². The first kappa shape index (κ1) is 13.6. The van der Waals surface area contributed by atoms with Crippen LogP contribution >= 0.6 is 0 Å². The van der Waals surface area contributed by atoms with Crippen molar-refractivity contribution in [3.8, 4) is 12.3 Å². The second-order valence-electron chi connectivity index (χ2n) is 3.41. The first-order valence-corrected chi connectivity index (χ1v) is 4.70. The molecule has 1 amide bonds. The van der Waals surface area contributed by atoms with Crippen LogP contribution in [0.2, 0.25) is 0 Å². The zero-order valence-electron chi connectivity index (χ0n) is 9.31. The van der Waals surface area contributed by atoms with E-state index in [0.717, 1.165) is 4.90 Å². The number of carbonyl (C=O) groups excluding carboxylic acids is 1. The molecule has 18 heavy (non-hydrogen) atoms. The van der Waals surface area contributed by atoms with E-state index in [2.05, 4.69) is 5.92 Å². The minimum Gasteiger partial charge on any atom is -0.330 e. The van der Waals surface area contributed by atoms with E-state index in [1.54, 1.807) is 0 Å². The van der Waals surface area contributed by atoms with Crippen molar-refractivity contribution in [2.75, 3.05) is 13.6 Å². The lowest BCUT2D eigenvalue weighted by molar-refractivity contribution is -0.385. The zero-order valence-corrected chi connectivity index (χ0v) is 9.31. The van der Waals surface area contributed by atoms with Crippen LogP contribution in [-0.4, -0.2) is 29.3 Å². The second kappa shape index (κ2) is 5.23. The summed E-state index contributed by atoms with van der Waals surface area (Å²) in [7, 11) is 1.30. The predicted octanol–water partition coefficient (Wildman–Crippen LogP) is 1.58. The normalized spacial score (nSPS) is 9.67. The summed E-state index contributed by atoms with van der Waals surface area (Å²) in [6, 6.07) is 0.856. The highest BCUT2D eigenvalue weighted by atomic mass is 19.2. The summed E-state index contributed by atoms with van der Waals surface area (Å²) in [4.78, 5) is 22.5. The van der Waals surface area contributed by atoms with Gasteiger partial charge in [-0.2, -0.15) is 0 Å². The van der Waals surface area contributed by atoms with Crippen molar-refractivity contribution in [1.29, 1.82) is 0 Å². The number of terminal acetylenes is 1. The van der Waals surface area contributed by atoms with Crippen molar-refractivity contribution < 1.29 is 18.5 Å². The fourth-order valence-electron chi connectivity index (χ4n) is 1.27. The van der Waals surface area contributed by atoms with Gasteiger partial charge in [-0.1, -0.05) is 5.92 Å². The molecule has 0 saturated carbocycles. The number of nitro benzene ring substituents is 1. The average Bonchev–Trinajstić information content (AvgIpc) is 2.31. The molecule has 0 heterocycles. The van der Waals surface area contributed by atoms with Crippen LogP contribution in [0.3, 0.4) is 0 Å². The highest BCUT2D eigenvalue weighted by Crippen LogP contribution is 2.23. The number of benzene rings is 1. The predicted molar refractivity (Wildman–Crippen MR) is 58.8 cm³/mol. The number of nitrogens with zero attached hydrogens (tertiary/aromatic N) is 2. The Morgan fingerprint density at radius 2 is 2.06 bits per heavy atom. The van der Waals surface area contributed by atoms with Gasteiger partial charge in [0.25, 0.3) is 11.6 Å². The maximum absolute atomic E-state index is 13.0. The molecule has 0 aliphatic rings. The summed E-state index contributed by atoms with van der Waals surface area (Å²) in [6.45, 7) is -0.102. The average molecular weight is 254 g/mol. The number of carbonyl (C=O) groups is 1. The first-order chi connectivity index (χ1) is 8.38. The van der Waals surface area contributed by atoms with Gasteiger partial charge in [-0.3, -0.25) is 14.9 Å². The van der Waals surface area contributed by atoms with Gasteiger partial charge in [0, 0.05) is 7.05 Å². The Balaban J connectivity index is 3.31. The monoisotopic (exact) mass is 254 g/mol. The molecule has 0 aliphatic heterocycles. The van der Waals surface area contributed by atoms with Gasteiger partial charge in [-0.15, -0.1) is 6.42 Å². The molecule has 0 bridgehead atoms. The SMILES string of the molecule is C#CCN(C)C(=O)c1cc(F)c(F)cc1[N+](=O)[O-]. The van der Waals surface area contributed by atoms with Crippen LogP contribution in [0.15, 0.2) is 12.1 Å². The molecule has 0 fully saturated rings. The Hall–Kier alpha value is -2.49. The maximum atomic E-state index is 13.0. The van der Waals surface area contributed by atoms with E-state index in [1.165, 1.54) is 7.05 Å². The number of nitro groups is 1. The molecule has 0 spiro atoms. The largest absolute Gasteiger partial charge is 0.330 e. The van der Waals surface area contributed by atoms with Crippen molar-refractivity contribution in [3.05, 3.63) is 39.4 Å². The molecule has 1 aromatic carbocycles. The lowest BCUT2D eigenvalue weighted by atomic mass is 10.1. The molecule has 0 aromatic heterocycles. The van der Waals surface area contributed by atoms with E-state index in [0.29, 0.717) is 12.1 Å². The molecule has 5 nitrogen and oxygen atoms in total. The Morgan fingerprint density at radius 3 is 2.56 bits per heavy atom. The lowest BCUT2D eigenvalue weighted by Crippen LogP contribution is -2.27. The van der Waals surface area contributed by atoms with E-state index in [-0.39, 0.29) is 6.54 Å². The van der Waals surface area contributed by atoms with Crippen molar-refractivity contribution in [1.82, 2.24) is 4.90 Å². The standard InChI is InChI=1S/C11H8F2N2O3/c1-3-4-14(2)11(16)7-5-8(12)9(13)6-10(7)15(17)18/h1,5-6H,4H2,2H3. The third kappa shape index (κ3) is 2.60. The molecule has 0 saturated heterocycles. The highest BCUT2D eigenvalue weighted by Gasteiger charge is 2.25. The van der Waals surface area contributed by atoms with Crippen LogP contribution in [0.1, 0.15) is 10.4 Å². The van der Waals surface area contributed by atoms with Gasteiger partial charge in [-0.25, -0.2) is 8.78 Å². The van der Waals surface area contributed by atoms with Gasteiger partial charge in [0.1, 0.15) is 5.56 Å². The number of rotatable bonds is 3. The number of halogens is 2. The Kier molecular flexibility index (Phi) is 3.94. The second-order valence-corrected chi connectivity index (χ2v) is 3.41. The Morgan fingerprint density at radius 1 is 1.50 bits per heavy atom. The van der Waals surface area contributed by atoms with Gasteiger partial charge >= 0.3 is 0 Å². The summed E-state index contributed by atoms with van der Waals surface area (Å²) < 4.78 is 25.9. The van der Waals surface area contributed by atoms with Crippen LogP contribution in [-0.2, 0) is 0 Å². The molecular weight excluding hydrogens is 246 g/mol. The molecule has 0 radical (unpaired) electrons. The quantitative estimate of drug-likeness (QED) is 0.467. The van der Waals surface area contributed by atoms with Crippen molar-refractivity contribution in [2.45, 2.75) is 0 Å². The minimum atomic E-state index is -1.39. The number of amides is 1. The summed E-state index contributed by atoms with van der Waals surface area (Å²) in [5.41, 5.74) is -1.35. The van der Waals surface area contributed by atoms with Crippen LogP contribution in [0.5, 0.6) is 0 Å². The molecule has 1 rings (SSSR count). The summed E-state index contributed by atoms with van der Waals surface area (Å²) in [5, 5.41) is 10.7. The summed E-state index contributed by atoms with van der Waals surface area (Å²) in [5.74, 6) is -1.41. The Bertz CT molecular complexity index is 552. The molecule has 0 N–H and O–H groups in total. The van der Waals surface area contributed by atoms with Crippen LogP contribution in [0.25, 0.3) is 0 Å². The van der Waals surface area contributed by atoms with Gasteiger partial charge in [0.05, 0.1) is 17.5 Å². The third-order valence-corrected chi connectivity index (χ3v) is 2.14. The molecule has 1 aromatic rings. The van der Waals surface area contributed by atoms with Crippen molar-refractivity contribution >= 4 is 11.6 Å². The maximum Gasteiger partial charge on any atom is 0.285 e. The van der Waals surface area contributed by atoms with Crippen molar-refractivity contribution in [2.24, 2.45) is 0 Å². The van der Waals surface area contributed by atoms with Gasteiger partial charge in [0.2, 0.25) is 0 Å². The minimum absolute atomic E-state index is 0.102. The zero-order chi connectivity index (χ0) is 13.9. The van der Waals surface area contributed by atoms with Crippen LogP contribution in [0, 0.1) is 34.1 Å². The Labute approximate surface area is 101 Å². The smallest absolute Gasteiger partial charge is 0.285 e. The molecule has 0 unspecified atom stereocenters.